The smallest absolute Gasteiger partial charge is 0.0775 e. The summed E-state index contributed by atoms with van der Waals surface area (Å²) < 4.78 is 0. The van der Waals surface area contributed by atoms with Crippen molar-refractivity contribution in [2.45, 2.75) is 38.5 Å². The van der Waals surface area contributed by atoms with Crippen LogP contribution in [0.5, 0.6) is 0 Å². The Morgan fingerprint density at radius 1 is 1.14 bits per heavy atom. The van der Waals surface area contributed by atoms with Gasteiger partial charge in [0.25, 0.3) is 0 Å². The zero-order valence-electron chi connectivity index (χ0n) is 12.6. The molecule has 110 valence electrons. The van der Waals surface area contributed by atoms with Crippen LogP contribution >= 0.6 is 23.6 Å². The SMILES string of the molecule is Cc1cc(C#Cc2ccc(C3CCCC3)s2)ccc1N=C=S. The third kappa shape index (κ3) is 3.54. The zero-order valence-corrected chi connectivity index (χ0v) is 14.2. The van der Waals surface area contributed by atoms with Gasteiger partial charge in [-0.3, -0.25) is 0 Å². The number of aryl methyl sites for hydroxylation is 1. The molecule has 1 nitrogen and oxygen atoms in total. The van der Waals surface area contributed by atoms with Crippen molar-refractivity contribution in [2.75, 3.05) is 0 Å². The number of thiophene rings is 1. The van der Waals surface area contributed by atoms with Crippen LogP contribution < -0.4 is 0 Å². The van der Waals surface area contributed by atoms with E-state index in [1.165, 1.54) is 30.6 Å². The van der Waals surface area contributed by atoms with Gasteiger partial charge in [-0.05, 0) is 73.8 Å². The van der Waals surface area contributed by atoms with E-state index in [1.54, 1.807) is 0 Å². The number of rotatable bonds is 2. The highest BCUT2D eigenvalue weighted by atomic mass is 32.1. The maximum absolute atomic E-state index is 4.65. The van der Waals surface area contributed by atoms with Gasteiger partial charge in [-0.1, -0.05) is 24.7 Å². The Kier molecular flexibility index (Phi) is 4.85. The summed E-state index contributed by atoms with van der Waals surface area (Å²) in [7, 11) is 0. The van der Waals surface area contributed by atoms with Crippen molar-refractivity contribution < 1.29 is 0 Å². The molecule has 1 aliphatic rings. The van der Waals surface area contributed by atoms with Gasteiger partial charge in [0.2, 0.25) is 0 Å². The predicted molar refractivity (Wildman–Crippen MR) is 97.4 cm³/mol. The average Bonchev–Trinajstić information content (AvgIpc) is 3.18. The minimum Gasteiger partial charge on any atom is -0.194 e. The van der Waals surface area contributed by atoms with Crippen LogP contribution in [0.25, 0.3) is 0 Å². The normalized spacial score (nSPS) is 14.2. The maximum Gasteiger partial charge on any atom is 0.0775 e. The molecule has 2 aromatic rings. The molecule has 0 spiro atoms. The highest BCUT2D eigenvalue weighted by molar-refractivity contribution is 7.78. The molecule has 0 aliphatic heterocycles. The monoisotopic (exact) mass is 323 g/mol. The van der Waals surface area contributed by atoms with E-state index in [1.807, 2.05) is 36.5 Å². The Morgan fingerprint density at radius 3 is 2.68 bits per heavy atom. The minimum atomic E-state index is 0.773. The van der Waals surface area contributed by atoms with Crippen LogP contribution in [0.3, 0.4) is 0 Å². The molecule has 22 heavy (non-hydrogen) atoms. The van der Waals surface area contributed by atoms with E-state index in [9.17, 15) is 0 Å². The minimum absolute atomic E-state index is 0.773. The Balaban J connectivity index is 1.77. The summed E-state index contributed by atoms with van der Waals surface area (Å²) in [6.07, 6.45) is 5.43. The van der Waals surface area contributed by atoms with E-state index in [0.717, 1.165) is 27.6 Å². The standard InChI is InChI=1S/C19H17NS2/c1-14-12-15(7-10-18(14)20-13-21)6-8-17-9-11-19(22-17)16-4-2-3-5-16/h7,9-12,16H,2-5H2,1H3. The van der Waals surface area contributed by atoms with Crippen molar-refractivity contribution in [1.82, 2.24) is 0 Å². The third-order valence-corrected chi connectivity index (χ3v) is 5.33. The van der Waals surface area contributed by atoms with Crippen LogP contribution in [0.2, 0.25) is 0 Å². The van der Waals surface area contributed by atoms with E-state index in [4.69, 9.17) is 0 Å². The fourth-order valence-corrected chi connectivity index (χ4v) is 4.02. The Hall–Kier alpha value is -1.72. The lowest BCUT2D eigenvalue weighted by atomic mass is 10.1. The lowest BCUT2D eigenvalue weighted by Gasteiger charge is -2.03. The average molecular weight is 323 g/mol. The molecular formula is C19H17NS2. The van der Waals surface area contributed by atoms with Crippen molar-refractivity contribution in [3.05, 3.63) is 51.2 Å². The first-order chi connectivity index (χ1) is 10.8. The van der Waals surface area contributed by atoms with Crippen LogP contribution in [-0.4, -0.2) is 5.16 Å². The summed E-state index contributed by atoms with van der Waals surface area (Å²) in [5.74, 6) is 7.31. The quantitative estimate of drug-likeness (QED) is 0.384. The van der Waals surface area contributed by atoms with Crippen molar-refractivity contribution >= 4 is 34.4 Å². The van der Waals surface area contributed by atoms with Crippen LogP contribution in [0, 0.1) is 18.8 Å². The first-order valence-corrected chi connectivity index (χ1v) is 8.79. The summed E-state index contributed by atoms with van der Waals surface area (Å²) in [6, 6.07) is 10.4. The molecular weight excluding hydrogens is 306 g/mol. The highest BCUT2D eigenvalue weighted by Gasteiger charge is 2.18. The third-order valence-electron chi connectivity index (χ3n) is 4.08. The summed E-state index contributed by atoms with van der Waals surface area (Å²) in [4.78, 5) is 6.69. The van der Waals surface area contributed by atoms with E-state index in [-0.39, 0.29) is 0 Å². The molecule has 1 saturated carbocycles. The molecule has 1 heterocycles. The number of isothiocyanates is 1. The maximum atomic E-state index is 4.65. The van der Waals surface area contributed by atoms with Crippen LogP contribution in [0.4, 0.5) is 5.69 Å². The number of benzene rings is 1. The van der Waals surface area contributed by atoms with Gasteiger partial charge < -0.3 is 0 Å². The van der Waals surface area contributed by atoms with Gasteiger partial charge in [0.15, 0.2) is 0 Å². The van der Waals surface area contributed by atoms with Crippen LogP contribution in [0.1, 0.15) is 52.5 Å². The van der Waals surface area contributed by atoms with Crippen molar-refractivity contribution in [3.63, 3.8) is 0 Å². The van der Waals surface area contributed by atoms with Gasteiger partial charge in [-0.15, -0.1) is 11.3 Å². The van der Waals surface area contributed by atoms with Crippen LogP contribution in [0.15, 0.2) is 35.3 Å². The molecule has 3 heteroatoms. The second kappa shape index (κ2) is 7.03. The molecule has 0 bridgehead atoms. The van der Waals surface area contributed by atoms with E-state index in [0.29, 0.717) is 0 Å². The fourth-order valence-electron chi connectivity index (χ4n) is 2.89. The molecule has 3 rings (SSSR count). The second-order valence-corrected chi connectivity index (χ2v) is 6.94. The first kappa shape index (κ1) is 15.2. The topological polar surface area (TPSA) is 12.4 Å². The summed E-state index contributed by atoms with van der Waals surface area (Å²) in [6.45, 7) is 2.01. The number of hydrogen-bond acceptors (Lipinski definition) is 3. The van der Waals surface area contributed by atoms with Gasteiger partial charge in [0.05, 0.1) is 15.7 Å². The fraction of sp³-hybridized carbons (Fsp3) is 0.316. The number of hydrogen-bond donors (Lipinski definition) is 0. The van der Waals surface area contributed by atoms with Gasteiger partial charge in [-0.25, -0.2) is 0 Å². The molecule has 0 atom stereocenters. The molecule has 1 aromatic carbocycles. The molecule has 0 saturated heterocycles. The van der Waals surface area contributed by atoms with Gasteiger partial charge in [0, 0.05) is 10.4 Å². The Morgan fingerprint density at radius 2 is 1.95 bits per heavy atom. The van der Waals surface area contributed by atoms with Gasteiger partial charge in [0.1, 0.15) is 0 Å². The molecule has 1 aromatic heterocycles. The Bertz CT molecular complexity index is 779. The zero-order chi connectivity index (χ0) is 15.4. The van der Waals surface area contributed by atoms with E-state index < -0.39 is 0 Å². The summed E-state index contributed by atoms with van der Waals surface area (Å²) in [5.41, 5.74) is 2.94. The molecule has 0 N–H and O–H groups in total. The number of aliphatic imine (C=N–C) groups is 1. The summed E-state index contributed by atoms with van der Waals surface area (Å²) >= 11 is 6.49. The highest BCUT2D eigenvalue weighted by Crippen LogP contribution is 2.37. The largest absolute Gasteiger partial charge is 0.194 e. The lowest BCUT2D eigenvalue weighted by Crippen LogP contribution is -1.85. The first-order valence-electron chi connectivity index (χ1n) is 7.56. The van der Waals surface area contributed by atoms with E-state index in [2.05, 4.69) is 46.3 Å². The van der Waals surface area contributed by atoms with Crippen molar-refractivity contribution in [1.29, 1.82) is 0 Å². The lowest BCUT2D eigenvalue weighted by molar-refractivity contribution is 0.738. The molecule has 1 fully saturated rings. The number of nitrogens with zero attached hydrogens (tertiary/aromatic N) is 1. The van der Waals surface area contributed by atoms with Crippen molar-refractivity contribution in [2.24, 2.45) is 4.99 Å². The van der Waals surface area contributed by atoms with Crippen LogP contribution in [-0.2, 0) is 0 Å². The van der Waals surface area contributed by atoms with Gasteiger partial charge in [-0.2, -0.15) is 4.99 Å². The van der Waals surface area contributed by atoms with E-state index >= 15 is 0 Å². The van der Waals surface area contributed by atoms with Gasteiger partial charge >= 0.3 is 0 Å². The second-order valence-electron chi connectivity index (χ2n) is 5.64. The molecule has 0 unspecified atom stereocenters. The molecule has 1 aliphatic carbocycles. The van der Waals surface area contributed by atoms with Crippen molar-refractivity contribution in [3.8, 4) is 11.8 Å². The molecule has 0 radical (unpaired) electrons. The molecule has 0 amide bonds. The Labute approximate surface area is 141 Å². The number of thiocarbonyl (C=S) groups is 1. The summed E-state index contributed by atoms with van der Waals surface area (Å²) in [5, 5.41) is 2.41. The predicted octanol–water partition coefficient (Wildman–Crippen LogP) is 5.85.